The summed E-state index contributed by atoms with van der Waals surface area (Å²) in [6, 6.07) is 5.62. The molecule has 0 radical (unpaired) electrons. The third-order valence-corrected chi connectivity index (χ3v) is 5.05. The quantitative estimate of drug-likeness (QED) is 0.907. The molecule has 1 aromatic heterocycles. The van der Waals surface area contributed by atoms with Crippen LogP contribution in [0.3, 0.4) is 0 Å². The number of benzene rings is 1. The second-order valence-corrected chi connectivity index (χ2v) is 6.73. The number of carbonyl (C=O) groups excluding carboxylic acids is 1. The maximum absolute atomic E-state index is 13.0. The Kier molecular flexibility index (Phi) is 4.38. The standard InChI is InChI=1S/C18H22FN5O/c19-13-7-9-14(10-8-13)20-18(25)23-12-4-5-15(23)17-22-21-16-6-2-1-3-11-24(16)17/h7-10,15H,1-6,11-12H2,(H,20,25)/t15-/m0/s1. The Morgan fingerprint density at radius 2 is 1.92 bits per heavy atom. The van der Waals surface area contributed by atoms with E-state index in [1.54, 1.807) is 12.1 Å². The molecule has 7 heteroatoms. The molecular formula is C18H22FN5O. The van der Waals surface area contributed by atoms with Crippen LogP contribution in [-0.4, -0.2) is 32.2 Å². The SMILES string of the molecule is O=C(Nc1ccc(F)cc1)N1CCC[C@H]1c1nnc2n1CCCCC2. The van der Waals surface area contributed by atoms with E-state index in [0.717, 1.165) is 50.3 Å². The van der Waals surface area contributed by atoms with E-state index in [0.29, 0.717) is 12.2 Å². The molecule has 0 bridgehead atoms. The number of fused-ring (bicyclic) bond motifs is 1. The molecular weight excluding hydrogens is 321 g/mol. The second-order valence-electron chi connectivity index (χ2n) is 6.73. The largest absolute Gasteiger partial charge is 0.322 e. The van der Waals surface area contributed by atoms with Crippen LogP contribution in [-0.2, 0) is 13.0 Å². The van der Waals surface area contributed by atoms with E-state index < -0.39 is 0 Å². The number of nitrogens with zero attached hydrogens (tertiary/aromatic N) is 4. The van der Waals surface area contributed by atoms with Crippen LogP contribution in [0.5, 0.6) is 0 Å². The third-order valence-electron chi connectivity index (χ3n) is 5.05. The van der Waals surface area contributed by atoms with Gasteiger partial charge in [-0.3, -0.25) is 0 Å². The van der Waals surface area contributed by atoms with Crippen LogP contribution in [0.4, 0.5) is 14.9 Å². The first kappa shape index (κ1) is 16.1. The first-order valence-corrected chi connectivity index (χ1v) is 8.97. The van der Waals surface area contributed by atoms with Gasteiger partial charge in [-0.25, -0.2) is 9.18 Å². The normalized spacial score (nSPS) is 20.2. The maximum Gasteiger partial charge on any atom is 0.322 e. The molecule has 3 heterocycles. The van der Waals surface area contributed by atoms with Gasteiger partial charge in [-0.05, 0) is 49.9 Å². The lowest BCUT2D eigenvalue weighted by Gasteiger charge is -2.25. The first-order chi connectivity index (χ1) is 12.2. The molecule has 6 nitrogen and oxygen atoms in total. The Morgan fingerprint density at radius 3 is 2.76 bits per heavy atom. The first-order valence-electron chi connectivity index (χ1n) is 8.97. The fourth-order valence-electron chi connectivity index (χ4n) is 3.76. The van der Waals surface area contributed by atoms with Gasteiger partial charge in [0.1, 0.15) is 11.6 Å². The molecule has 1 saturated heterocycles. The van der Waals surface area contributed by atoms with Gasteiger partial charge < -0.3 is 14.8 Å². The van der Waals surface area contributed by atoms with Crippen molar-refractivity contribution >= 4 is 11.7 Å². The molecule has 1 atom stereocenters. The van der Waals surface area contributed by atoms with Gasteiger partial charge in [0, 0.05) is 25.2 Å². The monoisotopic (exact) mass is 343 g/mol. The van der Waals surface area contributed by atoms with Crippen LogP contribution >= 0.6 is 0 Å². The Bertz CT molecular complexity index is 757. The van der Waals surface area contributed by atoms with E-state index in [1.165, 1.54) is 18.6 Å². The predicted octanol–water partition coefficient (Wildman–Crippen LogP) is 3.51. The van der Waals surface area contributed by atoms with Crippen molar-refractivity contribution in [2.45, 2.75) is 51.1 Å². The molecule has 1 N–H and O–H groups in total. The lowest BCUT2D eigenvalue weighted by molar-refractivity contribution is 0.203. The number of aryl methyl sites for hydroxylation is 1. The van der Waals surface area contributed by atoms with Gasteiger partial charge in [0.05, 0.1) is 6.04 Å². The summed E-state index contributed by atoms with van der Waals surface area (Å²) < 4.78 is 15.2. The lowest BCUT2D eigenvalue weighted by Crippen LogP contribution is -2.35. The van der Waals surface area contributed by atoms with E-state index in [1.807, 2.05) is 4.90 Å². The molecule has 25 heavy (non-hydrogen) atoms. The minimum absolute atomic E-state index is 0.0419. The summed E-state index contributed by atoms with van der Waals surface area (Å²) in [4.78, 5) is 14.5. The highest BCUT2D eigenvalue weighted by atomic mass is 19.1. The molecule has 0 aliphatic carbocycles. The number of hydrogen-bond acceptors (Lipinski definition) is 3. The van der Waals surface area contributed by atoms with Gasteiger partial charge in [0.15, 0.2) is 5.82 Å². The van der Waals surface area contributed by atoms with Crippen molar-refractivity contribution in [1.82, 2.24) is 19.7 Å². The van der Waals surface area contributed by atoms with Crippen molar-refractivity contribution in [3.63, 3.8) is 0 Å². The Morgan fingerprint density at radius 1 is 1.08 bits per heavy atom. The number of aromatic nitrogens is 3. The zero-order valence-electron chi connectivity index (χ0n) is 14.1. The topological polar surface area (TPSA) is 63.1 Å². The number of rotatable bonds is 2. The smallest absolute Gasteiger partial charge is 0.314 e. The Balaban J connectivity index is 1.53. The summed E-state index contributed by atoms with van der Waals surface area (Å²) in [7, 11) is 0. The number of anilines is 1. The Labute approximate surface area is 146 Å². The van der Waals surface area contributed by atoms with Crippen LogP contribution in [0.1, 0.15) is 49.8 Å². The van der Waals surface area contributed by atoms with Crippen LogP contribution in [0.15, 0.2) is 24.3 Å². The molecule has 0 unspecified atom stereocenters. The molecule has 2 amide bonds. The fraction of sp³-hybridized carbons (Fsp3) is 0.500. The molecule has 1 fully saturated rings. The zero-order chi connectivity index (χ0) is 17.2. The highest BCUT2D eigenvalue weighted by Gasteiger charge is 2.34. The minimum atomic E-state index is -0.316. The molecule has 0 spiro atoms. The summed E-state index contributed by atoms with van der Waals surface area (Å²) in [6.07, 6.45) is 6.30. The lowest BCUT2D eigenvalue weighted by atomic mass is 10.2. The number of halogens is 1. The molecule has 2 aromatic rings. The average molecular weight is 343 g/mol. The van der Waals surface area contributed by atoms with Crippen molar-refractivity contribution in [2.75, 3.05) is 11.9 Å². The predicted molar refractivity (Wildman–Crippen MR) is 91.7 cm³/mol. The van der Waals surface area contributed by atoms with Crippen molar-refractivity contribution < 1.29 is 9.18 Å². The summed E-state index contributed by atoms with van der Waals surface area (Å²) in [5.41, 5.74) is 0.595. The zero-order valence-corrected chi connectivity index (χ0v) is 14.1. The van der Waals surface area contributed by atoms with Crippen molar-refractivity contribution in [3.8, 4) is 0 Å². The fourth-order valence-corrected chi connectivity index (χ4v) is 3.76. The summed E-state index contributed by atoms with van der Waals surface area (Å²) >= 11 is 0. The number of urea groups is 1. The number of amides is 2. The molecule has 4 rings (SSSR count). The van der Waals surface area contributed by atoms with Gasteiger partial charge >= 0.3 is 6.03 Å². The van der Waals surface area contributed by atoms with Gasteiger partial charge in [0.25, 0.3) is 0 Å². The summed E-state index contributed by atoms with van der Waals surface area (Å²) in [5, 5.41) is 11.6. The highest BCUT2D eigenvalue weighted by Crippen LogP contribution is 2.32. The summed E-state index contributed by atoms with van der Waals surface area (Å²) in [6.45, 7) is 1.63. The van der Waals surface area contributed by atoms with Crippen molar-refractivity contribution in [3.05, 3.63) is 41.7 Å². The van der Waals surface area contributed by atoms with E-state index in [9.17, 15) is 9.18 Å². The van der Waals surface area contributed by atoms with Gasteiger partial charge in [-0.1, -0.05) is 6.42 Å². The average Bonchev–Trinajstić information content (AvgIpc) is 3.18. The van der Waals surface area contributed by atoms with Crippen LogP contribution in [0.2, 0.25) is 0 Å². The van der Waals surface area contributed by atoms with Crippen LogP contribution < -0.4 is 5.32 Å². The molecule has 2 aliphatic rings. The van der Waals surface area contributed by atoms with Crippen molar-refractivity contribution in [2.24, 2.45) is 0 Å². The molecule has 0 saturated carbocycles. The molecule has 1 aromatic carbocycles. The Hall–Kier alpha value is -2.44. The van der Waals surface area contributed by atoms with E-state index in [-0.39, 0.29) is 17.9 Å². The second kappa shape index (κ2) is 6.82. The van der Waals surface area contributed by atoms with E-state index in [2.05, 4.69) is 20.1 Å². The maximum atomic E-state index is 13.0. The van der Waals surface area contributed by atoms with Crippen LogP contribution in [0.25, 0.3) is 0 Å². The third kappa shape index (κ3) is 3.23. The van der Waals surface area contributed by atoms with Gasteiger partial charge in [0.2, 0.25) is 0 Å². The minimum Gasteiger partial charge on any atom is -0.314 e. The van der Waals surface area contributed by atoms with E-state index in [4.69, 9.17) is 0 Å². The van der Waals surface area contributed by atoms with Gasteiger partial charge in [-0.15, -0.1) is 10.2 Å². The van der Waals surface area contributed by atoms with Crippen molar-refractivity contribution in [1.29, 1.82) is 0 Å². The van der Waals surface area contributed by atoms with Crippen LogP contribution in [0, 0.1) is 5.82 Å². The highest BCUT2D eigenvalue weighted by molar-refractivity contribution is 5.89. The number of likely N-dealkylation sites (tertiary alicyclic amines) is 1. The van der Waals surface area contributed by atoms with Gasteiger partial charge in [-0.2, -0.15) is 0 Å². The molecule has 132 valence electrons. The number of hydrogen-bond donors (Lipinski definition) is 1. The number of nitrogens with one attached hydrogen (secondary N) is 1. The summed E-state index contributed by atoms with van der Waals surface area (Å²) in [5.74, 6) is 1.63. The number of carbonyl (C=O) groups is 1. The molecule has 2 aliphatic heterocycles. The van der Waals surface area contributed by atoms with E-state index >= 15 is 0 Å².